The zero-order valence-electron chi connectivity index (χ0n) is 11.5. The van der Waals surface area contributed by atoms with Crippen molar-refractivity contribution in [1.29, 1.82) is 0 Å². The van der Waals surface area contributed by atoms with Crippen molar-refractivity contribution < 1.29 is 9.53 Å². The number of carbonyl (C=O) groups excluding carboxylic acids is 1. The van der Waals surface area contributed by atoms with Crippen molar-refractivity contribution in [3.8, 4) is 11.3 Å². The van der Waals surface area contributed by atoms with Gasteiger partial charge in [0.1, 0.15) is 0 Å². The van der Waals surface area contributed by atoms with Crippen LogP contribution >= 0.6 is 0 Å². The molecular formula is C17H17NO2. The second kappa shape index (κ2) is 5.45. The van der Waals surface area contributed by atoms with Gasteiger partial charge in [-0.1, -0.05) is 18.2 Å². The van der Waals surface area contributed by atoms with Crippen LogP contribution in [-0.2, 0) is 16.0 Å². The summed E-state index contributed by atoms with van der Waals surface area (Å²) in [6, 6.07) is 12.2. The number of hydrogen-bond donors (Lipinski definition) is 0. The first-order chi connectivity index (χ1) is 9.79. The Morgan fingerprint density at radius 2 is 2.20 bits per heavy atom. The molecule has 0 saturated heterocycles. The lowest BCUT2D eigenvalue weighted by molar-refractivity contribution is -0.142. The molecule has 0 bridgehead atoms. The molecule has 1 aliphatic rings. The second-order valence-electron chi connectivity index (χ2n) is 5.10. The number of rotatable bonds is 2. The van der Waals surface area contributed by atoms with Gasteiger partial charge in [0.2, 0.25) is 0 Å². The summed E-state index contributed by atoms with van der Waals surface area (Å²) in [5.41, 5.74) is 4.43. The van der Waals surface area contributed by atoms with E-state index in [0.29, 0.717) is 0 Å². The van der Waals surface area contributed by atoms with E-state index < -0.39 is 0 Å². The summed E-state index contributed by atoms with van der Waals surface area (Å²) in [5.74, 6) is -0.238. The van der Waals surface area contributed by atoms with Gasteiger partial charge in [-0.25, -0.2) is 0 Å². The molecule has 1 heterocycles. The molecule has 102 valence electrons. The summed E-state index contributed by atoms with van der Waals surface area (Å²) in [7, 11) is 1.46. The fraction of sp³-hybridized carbons (Fsp3) is 0.294. The molecule has 1 aliphatic carbocycles. The Kier molecular flexibility index (Phi) is 3.50. The Morgan fingerprint density at radius 3 is 2.95 bits per heavy atom. The number of ether oxygens (including phenoxy) is 1. The number of esters is 1. The molecule has 1 atom stereocenters. The largest absolute Gasteiger partial charge is 0.469 e. The van der Waals surface area contributed by atoms with Crippen LogP contribution < -0.4 is 0 Å². The van der Waals surface area contributed by atoms with E-state index in [2.05, 4.69) is 17.1 Å². The summed E-state index contributed by atoms with van der Waals surface area (Å²) < 4.78 is 4.91. The predicted octanol–water partition coefficient (Wildman–Crippen LogP) is 3.34. The van der Waals surface area contributed by atoms with E-state index in [9.17, 15) is 4.79 Å². The van der Waals surface area contributed by atoms with Crippen molar-refractivity contribution in [2.75, 3.05) is 7.11 Å². The van der Waals surface area contributed by atoms with Crippen LogP contribution in [0.4, 0.5) is 0 Å². The molecule has 0 aliphatic heterocycles. The third-order valence-electron chi connectivity index (χ3n) is 3.90. The van der Waals surface area contributed by atoms with Gasteiger partial charge in [0.15, 0.2) is 0 Å². The third-order valence-corrected chi connectivity index (χ3v) is 3.90. The van der Waals surface area contributed by atoms with E-state index in [1.54, 1.807) is 6.20 Å². The lowest BCUT2D eigenvalue weighted by Crippen LogP contribution is -2.19. The Bertz CT molecular complexity index is 622. The van der Waals surface area contributed by atoms with E-state index in [1.165, 1.54) is 12.7 Å². The molecule has 3 rings (SSSR count). The number of benzene rings is 1. The fourth-order valence-electron chi connectivity index (χ4n) is 2.89. The highest BCUT2D eigenvalue weighted by Gasteiger charge is 2.27. The van der Waals surface area contributed by atoms with Crippen LogP contribution in [0.15, 0.2) is 42.6 Å². The molecule has 1 unspecified atom stereocenters. The topological polar surface area (TPSA) is 39.2 Å². The normalized spacial score (nSPS) is 17.4. The summed E-state index contributed by atoms with van der Waals surface area (Å²) in [6.45, 7) is 0. The number of methoxy groups -OCH3 is 1. The maximum atomic E-state index is 11.8. The molecule has 0 radical (unpaired) electrons. The monoisotopic (exact) mass is 267 g/mol. The molecule has 1 aromatic heterocycles. The first-order valence-corrected chi connectivity index (χ1v) is 6.91. The summed E-state index contributed by atoms with van der Waals surface area (Å²) >= 11 is 0. The van der Waals surface area contributed by atoms with E-state index in [4.69, 9.17) is 4.74 Å². The van der Waals surface area contributed by atoms with Gasteiger partial charge in [-0.15, -0.1) is 0 Å². The minimum absolute atomic E-state index is 0.110. The minimum atomic E-state index is -0.128. The molecule has 20 heavy (non-hydrogen) atoms. The van der Waals surface area contributed by atoms with Gasteiger partial charge in [-0.05, 0) is 48.6 Å². The molecule has 0 N–H and O–H groups in total. The molecule has 0 amide bonds. The van der Waals surface area contributed by atoms with Gasteiger partial charge >= 0.3 is 5.97 Å². The molecule has 0 saturated carbocycles. The SMILES string of the molecule is COC(=O)C1CCCc2cc(-c3ccccn3)ccc21. The second-order valence-corrected chi connectivity index (χ2v) is 5.10. The van der Waals surface area contributed by atoms with Crippen molar-refractivity contribution >= 4 is 5.97 Å². The minimum Gasteiger partial charge on any atom is -0.469 e. The van der Waals surface area contributed by atoms with Crippen LogP contribution in [0.25, 0.3) is 11.3 Å². The maximum absolute atomic E-state index is 11.8. The summed E-state index contributed by atoms with van der Waals surface area (Å²) in [4.78, 5) is 16.2. The number of nitrogens with zero attached hydrogens (tertiary/aromatic N) is 1. The van der Waals surface area contributed by atoms with Gasteiger partial charge in [-0.3, -0.25) is 9.78 Å². The first kappa shape index (κ1) is 12.9. The van der Waals surface area contributed by atoms with E-state index in [0.717, 1.165) is 36.1 Å². The van der Waals surface area contributed by atoms with Gasteiger partial charge in [0.25, 0.3) is 0 Å². The molecule has 0 spiro atoms. The molecular weight excluding hydrogens is 250 g/mol. The summed E-state index contributed by atoms with van der Waals surface area (Å²) in [5, 5.41) is 0. The highest BCUT2D eigenvalue weighted by atomic mass is 16.5. The number of carbonyl (C=O) groups is 1. The van der Waals surface area contributed by atoms with Gasteiger partial charge in [-0.2, -0.15) is 0 Å². The number of hydrogen-bond acceptors (Lipinski definition) is 3. The quantitative estimate of drug-likeness (QED) is 0.783. The average Bonchev–Trinajstić information content (AvgIpc) is 2.54. The van der Waals surface area contributed by atoms with Crippen molar-refractivity contribution in [2.24, 2.45) is 0 Å². The molecule has 3 nitrogen and oxygen atoms in total. The Labute approximate surface area is 118 Å². The van der Waals surface area contributed by atoms with Gasteiger partial charge in [0, 0.05) is 11.8 Å². The number of aryl methyl sites for hydroxylation is 1. The lowest BCUT2D eigenvalue weighted by Gasteiger charge is -2.24. The molecule has 2 aromatic rings. The zero-order chi connectivity index (χ0) is 13.9. The maximum Gasteiger partial charge on any atom is 0.313 e. The van der Waals surface area contributed by atoms with Crippen LogP contribution in [-0.4, -0.2) is 18.1 Å². The van der Waals surface area contributed by atoms with Crippen LogP contribution in [0, 0.1) is 0 Å². The van der Waals surface area contributed by atoms with Gasteiger partial charge < -0.3 is 4.74 Å². The van der Waals surface area contributed by atoms with Crippen LogP contribution in [0.1, 0.15) is 29.9 Å². The van der Waals surface area contributed by atoms with Gasteiger partial charge in [0.05, 0.1) is 18.7 Å². The van der Waals surface area contributed by atoms with Crippen molar-refractivity contribution in [1.82, 2.24) is 4.98 Å². The van der Waals surface area contributed by atoms with Crippen LogP contribution in [0.3, 0.4) is 0 Å². The fourth-order valence-corrected chi connectivity index (χ4v) is 2.89. The first-order valence-electron chi connectivity index (χ1n) is 6.91. The molecule has 3 heteroatoms. The van der Waals surface area contributed by atoms with E-state index in [1.807, 2.05) is 24.3 Å². The van der Waals surface area contributed by atoms with E-state index >= 15 is 0 Å². The van der Waals surface area contributed by atoms with E-state index in [-0.39, 0.29) is 11.9 Å². The highest BCUT2D eigenvalue weighted by Crippen LogP contribution is 2.34. The molecule has 1 aromatic carbocycles. The number of aromatic nitrogens is 1. The number of pyridine rings is 1. The Hall–Kier alpha value is -2.16. The third kappa shape index (κ3) is 2.31. The smallest absolute Gasteiger partial charge is 0.313 e. The average molecular weight is 267 g/mol. The number of fused-ring (bicyclic) bond motifs is 1. The van der Waals surface area contributed by atoms with Crippen LogP contribution in [0.2, 0.25) is 0 Å². The predicted molar refractivity (Wildman–Crippen MR) is 77.4 cm³/mol. The van der Waals surface area contributed by atoms with Crippen LogP contribution in [0.5, 0.6) is 0 Å². The van der Waals surface area contributed by atoms with Crippen molar-refractivity contribution in [3.05, 3.63) is 53.7 Å². The van der Waals surface area contributed by atoms with Crippen molar-refractivity contribution in [2.45, 2.75) is 25.2 Å². The highest BCUT2D eigenvalue weighted by molar-refractivity contribution is 5.79. The lowest BCUT2D eigenvalue weighted by atomic mass is 9.82. The van der Waals surface area contributed by atoms with Crippen molar-refractivity contribution in [3.63, 3.8) is 0 Å². The standard InChI is InChI=1S/C17H17NO2/c1-20-17(19)15-6-4-5-12-11-13(8-9-14(12)15)16-7-2-3-10-18-16/h2-3,7-11,15H,4-6H2,1H3. The Morgan fingerprint density at radius 1 is 1.30 bits per heavy atom. The summed E-state index contributed by atoms with van der Waals surface area (Å²) in [6.07, 6.45) is 4.72. The Balaban J connectivity index is 1.99. The molecule has 0 fully saturated rings. The zero-order valence-corrected chi connectivity index (χ0v) is 11.5.